The lowest BCUT2D eigenvalue weighted by molar-refractivity contribution is 0.470. The van der Waals surface area contributed by atoms with Crippen LogP contribution in [0.1, 0.15) is 17.4 Å². The molecule has 0 aliphatic carbocycles. The summed E-state index contributed by atoms with van der Waals surface area (Å²) in [6, 6.07) is 16.3. The van der Waals surface area contributed by atoms with Crippen molar-refractivity contribution in [2.75, 3.05) is 13.1 Å². The maximum atomic E-state index is 13.0. The molecule has 148 valence electrons. The van der Waals surface area contributed by atoms with E-state index in [0.717, 1.165) is 11.1 Å². The van der Waals surface area contributed by atoms with Gasteiger partial charge >= 0.3 is 0 Å². The number of aryl methyl sites for hydroxylation is 1. The molecule has 3 aromatic rings. The van der Waals surface area contributed by atoms with E-state index < -0.39 is 10.0 Å². The van der Waals surface area contributed by atoms with E-state index in [1.165, 1.54) is 4.31 Å². The summed E-state index contributed by atoms with van der Waals surface area (Å²) in [6.45, 7) is 2.46. The van der Waals surface area contributed by atoms with E-state index in [4.69, 9.17) is 10.2 Å². The minimum absolute atomic E-state index is 0. The van der Waals surface area contributed by atoms with Gasteiger partial charge in [-0.05, 0) is 17.7 Å². The third-order valence-corrected chi connectivity index (χ3v) is 6.81. The Morgan fingerprint density at radius 1 is 1.07 bits per heavy atom. The summed E-state index contributed by atoms with van der Waals surface area (Å²) in [4.78, 5) is 4.52. The van der Waals surface area contributed by atoms with Crippen LogP contribution in [0.15, 0.2) is 70.2 Å². The SMILES string of the molecule is Cc1nc(-c2ccc(S(=O)(=O)N3C[C@@H](N)[C@H](c4ccccc4)C3)cc2)co1.Cl. The average molecular weight is 420 g/mol. The molecule has 2 atom stereocenters. The number of benzene rings is 2. The van der Waals surface area contributed by atoms with E-state index in [1.54, 1.807) is 37.5 Å². The maximum absolute atomic E-state index is 13.0. The van der Waals surface area contributed by atoms with Crippen molar-refractivity contribution < 1.29 is 12.8 Å². The first-order chi connectivity index (χ1) is 12.9. The fraction of sp³-hybridized carbons (Fsp3) is 0.250. The molecule has 2 aromatic carbocycles. The number of rotatable bonds is 4. The number of halogens is 1. The van der Waals surface area contributed by atoms with Crippen molar-refractivity contribution in [1.29, 1.82) is 0 Å². The maximum Gasteiger partial charge on any atom is 0.243 e. The van der Waals surface area contributed by atoms with Crippen molar-refractivity contribution in [2.24, 2.45) is 5.73 Å². The Kier molecular flexibility index (Phi) is 5.90. The van der Waals surface area contributed by atoms with E-state index >= 15 is 0 Å². The molecule has 2 N–H and O–H groups in total. The Morgan fingerprint density at radius 3 is 2.36 bits per heavy atom. The second kappa shape index (κ2) is 8.05. The molecule has 1 fully saturated rings. The van der Waals surface area contributed by atoms with Crippen molar-refractivity contribution in [3.05, 3.63) is 72.3 Å². The van der Waals surface area contributed by atoms with E-state index in [-0.39, 0.29) is 29.3 Å². The second-order valence-electron chi connectivity index (χ2n) is 6.78. The molecule has 1 aliphatic heterocycles. The van der Waals surface area contributed by atoms with Crippen LogP contribution < -0.4 is 5.73 Å². The van der Waals surface area contributed by atoms with Gasteiger partial charge in [0.05, 0.1) is 4.90 Å². The van der Waals surface area contributed by atoms with Gasteiger partial charge in [-0.1, -0.05) is 42.5 Å². The van der Waals surface area contributed by atoms with Gasteiger partial charge in [-0.3, -0.25) is 0 Å². The van der Waals surface area contributed by atoms with Crippen LogP contribution in [0.5, 0.6) is 0 Å². The van der Waals surface area contributed by atoms with Crippen molar-refractivity contribution in [2.45, 2.75) is 23.8 Å². The molecule has 2 heterocycles. The Balaban J connectivity index is 0.00000225. The molecule has 0 amide bonds. The van der Waals surface area contributed by atoms with Crippen LogP contribution in [0, 0.1) is 6.92 Å². The predicted octanol–water partition coefficient (Wildman–Crippen LogP) is 3.19. The summed E-state index contributed by atoms with van der Waals surface area (Å²) in [5.41, 5.74) is 8.82. The summed E-state index contributed by atoms with van der Waals surface area (Å²) >= 11 is 0. The summed E-state index contributed by atoms with van der Waals surface area (Å²) in [6.07, 6.45) is 1.56. The average Bonchev–Trinajstić information content (AvgIpc) is 3.29. The highest BCUT2D eigenvalue weighted by atomic mass is 35.5. The number of aromatic nitrogens is 1. The molecule has 6 nitrogen and oxygen atoms in total. The molecule has 1 saturated heterocycles. The quantitative estimate of drug-likeness (QED) is 0.701. The van der Waals surface area contributed by atoms with Crippen LogP contribution >= 0.6 is 12.4 Å². The number of sulfonamides is 1. The van der Waals surface area contributed by atoms with Crippen LogP contribution in [0.25, 0.3) is 11.3 Å². The van der Waals surface area contributed by atoms with Crippen LogP contribution in [0.2, 0.25) is 0 Å². The standard InChI is InChI=1S/C20H21N3O3S.ClH/c1-14-22-20(13-26-14)16-7-9-17(10-8-16)27(24,25)23-11-18(19(21)12-23)15-5-3-2-4-6-15;/h2-10,13,18-19H,11-12,21H2,1H3;1H/t18-,19+;/m0./s1. The second-order valence-corrected chi connectivity index (χ2v) is 8.72. The summed E-state index contributed by atoms with van der Waals surface area (Å²) in [7, 11) is -3.60. The Hall–Kier alpha value is -2.19. The van der Waals surface area contributed by atoms with Crippen LogP contribution in [0.4, 0.5) is 0 Å². The minimum Gasteiger partial charge on any atom is -0.449 e. The zero-order valence-electron chi connectivity index (χ0n) is 15.4. The normalized spacial score (nSPS) is 20.1. The first-order valence-corrected chi connectivity index (χ1v) is 10.2. The molecular weight excluding hydrogens is 398 g/mol. The number of nitrogens with two attached hydrogens (primary N) is 1. The molecule has 0 spiro atoms. The molecule has 0 bridgehead atoms. The molecule has 0 unspecified atom stereocenters. The van der Waals surface area contributed by atoms with E-state index in [1.807, 2.05) is 30.3 Å². The first kappa shape index (κ1) is 20.5. The highest BCUT2D eigenvalue weighted by Gasteiger charge is 2.38. The van der Waals surface area contributed by atoms with Gasteiger partial charge in [0.1, 0.15) is 12.0 Å². The van der Waals surface area contributed by atoms with Gasteiger partial charge in [0.15, 0.2) is 5.89 Å². The van der Waals surface area contributed by atoms with Crippen molar-refractivity contribution in [3.63, 3.8) is 0 Å². The summed E-state index contributed by atoms with van der Waals surface area (Å²) < 4.78 is 32.8. The van der Waals surface area contributed by atoms with Gasteiger partial charge in [0.2, 0.25) is 10.0 Å². The number of nitrogens with zero attached hydrogens (tertiary/aromatic N) is 2. The number of oxazole rings is 1. The zero-order chi connectivity index (χ0) is 19.0. The molecule has 0 saturated carbocycles. The Labute approximate surface area is 170 Å². The van der Waals surface area contributed by atoms with Gasteiger partial charge in [0.25, 0.3) is 0 Å². The van der Waals surface area contributed by atoms with Crippen molar-refractivity contribution in [3.8, 4) is 11.3 Å². The van der Waals surface area contributed by atoms with Crippen molar-refractivity contribution in [1.82, 2.24) is 9.29 Å². The van der Waals surface area contributed by atoms with Gasteiger partial charge < -0.3 is 10.2 Å². The zero-order valence-corrected chi connectivity index (χ0v) is 17.0. The minimum atomic E-state index is -3.60. The topological polar surface area (TPSA) is 89.4 Å². The van der Waals surface area contributed by atoms with Gasteiger partial charge in [-0.25, -0.2) is 13.4 Å². The number of hydrogen-bond acceptors (Lipinski definition) is 5. The van der Waals surface area contributed by atoms with Crippen LogP contribution in [0.3, 0.4) is 0 Å². The van der Waals surface area contributed by atoms with E-state index in [9.17, 15) is 8.42 Å². The highest BCUT2D eigenvalue weighted by molar-refractivity contribution is 7.89. The lowest BCUT2D eigenvalue weighted by Gasteiger charge is -2.17. The molecule has 4 rings (SSSR count). The van der Waals surface area contributed by atoms with Gasteiger partial charge in [0, 0.05) is 37.5 Å². The first-order valence-electron chi connectivity index (χ1n) is 8.78. The fourth-order valence-electron chi connectivity index (χ4n) is 3.48. The molecule has 1 aromatic heterocycles. The molecule has 1 aliphatic rings. The summed E-state index contributed by atoms with van der Waals surface area (Å²) in [5.74, 6) is 0.568. The van der Waals surface area contributed by atoms with E-state index in [0.29, 0.717) is 24.7 Å². The van der Waals surface area contributed by atoms with Gasteiger partial charge in [-0.2, -0.15) is 4.31 Å². The predicted molar refractivity (Wildman–Crippen MR) is 110 cm³/mol. The third-order valence-electron chi connectivity index (χ3n) is 4.97. The lowest BCUT2D eigenvalue weighted by Crippen LogP contribution is -2.32. The third kappa shape index (κ3) is 3.84. The van der Waals surface area contributed by atoms with Crippen LogP contribution in [-0.4, -0.2) is 36.8 Å². The molecular formula is C20H22ClN3O3S. The van der Waals surface area contributed by atoms with Gasteiger partial charge in [-0.15, -0.1) is 12.4 Å². The van der Waals surface area contributed by atoms with Crippen LogP contribution in [-0.2, 0) is 10.0 Å². The molecule has 28 heavy (non-hydrogen) atoms. The largest absolute Gasteiger partial charge is 0.449 e. The Bertz CT molecular complexity index is 1040. The highest BCUT2D eigenvalue weighted by Crippen LogP contribution is 2.31. The van der Waals surface area contributed by atoms with Crippen molar-refractivity contribution >= 4 is 22.4 Å². The van der Waals surface area contributed by atoms with E-state index in [2.05, 4.69) is 4.98 Å². The molecule has 0 radical (unpaired) electrons. The smallest absolute Gasteiger partial charge is 0.243 e. The fourth-order valence-corrected chi connectivity index (χ4v) is 4.99. The Morgan fingerprint density at radius 2 is 1.75 bits per heavy atom. The lowest BCUT2D eigenvalue weighted by atomic mass is 9.95. The molecule has 8 heteroatoms. The monoisotopic (exact) mass is 419 g/mol. The summed E-state index contributed by atoms with van der Waals surface area (Å²) in [5, 5.41) is 0. The number of hydrogen-bond donors (Lipinski definition) is 1.